The number of nitrogens with zero attached hydrogens (tertiary/aromatic N) is 1. The van der Waals surface area contributed by atoms with Crippen LogP contribution < -0.4 is 10.2 Å². The first kappa shape index (κ1) is 17.8. The molecule has 0 unspecified atom stereocenters. The Bertz CT molecular complexity index is 491. The highest BCUT2D eigenvalue weighted by atomic mass is 16.5. The van der Waals surface area contributed by atoms with E-state index in [0.29, 0.717) is 6.42 Å². The lowest BCUT2D eigenvalue weighted by molar-refractivity contribution is -0.121. The average molecular weight is 318 g/mol. The fourth-order valence-corrected chi connectivity index (χ4v) is 3.40. The summed E-state index contributed by atoms with van der Waals surface area (Å²) in [6.07, 6.45) is 6.15. The fourth-order valence-electron chi connectivity index (χ4n) is 3.40. The number of carbonyl (C=O) groups excluding carboxylic acids is 1. The zero-order chi connectivity index (χ0) is 16.7. The summed E-state index contributed by atoms with van der Waals surface area (Å²) in [7, 11) is 5.81. The van der Waals surface area contributed by atoms with Gasteiger partial charge in [0.05, 0.1) is 6.61 Å². The van der Waals surface area contributed by atoms with Crippen molar-refractivity contribution in [1.29, 1.82) is 0 Å². The molecule has 0 heterocycles. The van der Waals surface area contributed by atoms with Gasteiger partial charge in [-0.05, 0) is 37.0 Å². The lowest BCUT2D eigenvalue weighted by Gasteiger charge is -2.28. The molecule has 1 aliphatic carbocycles. The van der Waals surface area contributed by atoms with Crippen LogP contribution in [-0.4, -0.2) is 40.3 Å². The molecule has 4 heteroatoms. The molecule has 1 saturated carbocycles. The van der Waals surface area contributed by atoms with Gasteiger partial charge >= 0.3 is 0 Å². The quantitative estimate of drug-likeness (QED) is 0.801. The van der Waals surface area contributed by atoms with Crippen LogP contribution in [0.5, 0.6) is 0 Å². The second-order valence-corrected chi connectivity index (χ2v) is 6.98. The number of hydrogen-bond acceptors (Lipinski definition) is 3. The summed E-state index contributed by atoms with van der Waals surface area (Å²) >= 11 is 0. The van der Waals surface area contributed by atoms with Crippen molar-refractivity contribution in [2.45, 2.75) is 38.5 Å². The first-order valence-electron chi connectivity index (χ1n) is 8.57. The number of amides is 1. The molecule has 128 valence electrons. The zero-order valence-electron chi connectivity index (χ0n) is 14.7. The number of anilines is 1. The number of rotatable bonds is 8. The van der Waals surface area contributed by atoms with Crippen molar-refractivity contribution in [3.8, 4) is 0 Å². The molecule has 1 aliphatic rings. The molecule has 4 nitrogen and oxygen atoms in total. The van der Waals surface area contributed by atoms with Crippen LogP contribution in [0.15, 0.2) is 24.3 Å². The molecule has 2 rings (SSSR count). The number of nitrogens with one attached hydrogen (secondary N) is 1. The number of benzene rings is 1. The summed E-state index contributed by atoms with van der Waals surface area (Å²) < 4.78 is 5.37. The van der Waals surface area contributed by atoms with E-state index in [1.807, 2.05) is 14.1 Å². The lowest BCUT2D eigenvalue weighted by atomic mass is 9.87. The van der Waals surface area contributed by atoms with E-state index in [1.54, 1.807) is 7.11 Å². The van der Waals surface area contributed by atoms with Crippen LogP contribution in [0, 0.1) is 5.41 Å². The van der Waals surface area contributed by atoms with Gasteiger partial charge in [-0.2, -0.15) is 0 Å². The monoisotopic (exact) mass is 318 g/mol. The Kier molecular flexibility index (Phi) is 6.46. The van der Waals surface area contributed by atoms with Gasteiger partial charge in [0.2, 0.25) is 5.91 Å². The van der Waals surface area contributed by atoms with E-state index in [0.717, 1.165) is 32.4 Å². The Balaban J connectivity index is 1.76. The maximum absolute atomic E-state index is 12.1. The van der Waals surface area contributed by atoms with E-state index in [-0.39, 0.29) is 11.3 Å². The molecule has 1 N–H and O–H groups in total. The maximum atomic E-state index is 12.1. The minimum atomic E-state index is 0.143. The Labute approximate surface area is 140 Å². The van der Waals surface area contributed by atoms with Gasteiger partial charge in [0.15, 0.2) is 0 Å². The minimum absolute atomic E-state index is 0.143. The second-order valence-electron chi connectivity index (χ2n) is 6.98. The van der Waals surface area contributed by atoms with Crippen molar-refractivity contribution in [2.24, 2.45) is 5.41 Å². The van der Waals surface area contributed by atoms with Gasteiger partial charge in [-0.25, -0.2) is 0 Å². The third-order valence-electron chi connectivity index (χ3n) is 4.87. The normalized spacial score (nSPS) is 16.3. The van der Waals surface area contributed by atoms with E-state index in [1.165, 1.54) is 24.1 Å². The number of aryl methyl sites for hydroxylation is 1. The van der Waals surface area contributed by atoms with Crippen molar-refractivity contribution in [3.63, 3.8) is 0 Å². The highest BCUT2D eigenvalue weighted by Crippen LogP contribution is 2.37. The molecule has 0 saturated heterocycles. The van der Waals surface area contributed by atoms with Crippen molar-refractivity contribution in [2.75, 3.05) is 39.3 Å². The van der Waals surface area contributed by atoms with Crippen molar-refractivity contribution >= 4 is 11.6 Å². The van der Waals surface area contributed by atoms with E-state index < -0.39 is 0 Å². The molecular formula is C19H30N2O2. The Morgan fingerprint density at radius 2 is 1.87 bits per heavy atom. The molecule has 0 radical (unpaired) electrons. The van der Waals surface area contributed by atoms with Crippen molar-refractivity contribution < 1.29 is 9.53 Å². The Hall–Kier alpha value is -1.55. The molecule has 0 bridgehead atoms. The van der Waals surface area contributed by atoms with E-state index >= 15 is 0 Å². The molecule has 0 aliphatic heterocycles. The third-order valence-corrected chi connectivity index (χ3v) is 4.87. The van der Waals surface area contributed by atoms with Crippen LogP contribution in [0.4, 0.5) is 5.69 Å². The van der Waals surface area contributed by atoms with Gasteiger partial charge < -0.3 is 15.0 Å². The standard InChI is InChI=1S/C19H30N2O2/c1-21(2)17-9-6-16(7-10-17)8-11-18(22)20-14-19(15-23-3)12-4-5-13-19/h6-7,9-10H,4-5,8,11-15H2,1-3H3,(H,20,22). The van der Waals surface area contributed by atoms with Crippen LogP contribution in [0.2, 0.25) is 0 Å². The van der Waals surface area contributed by atoms with Gasteiger partial charge in [-0.3, -0.25) is 4.79 Å². The predicted octanol–water partition coefficient (Wildman–Crippen LogP) is 3.01. The molecule has 1 aromatic rings. The van der Waals surface area contributed by atoms with E-state index in [4.69, 9.17) is 4.74 Å². The Morgan fingerprint density at radius 1 is 1.22 bits per heavy atom. The van der Waals surface area contributed by atoms with Gasteiger partial charge in [-0.1, -0.05) is 25.0 Å². The average Bonchev–Trinajstić information content (AvgIpc) is 3.00. The fraction of sp³-hybridized carbons (Fsp3) is 0.632. The SMILES string of the molecule is COCC1(CNC(=O)CCc2ccc(N(C)C)cc2)CCCC1. The number of methoxy groups -OCH3 is 1. The molecule has 1 fully saturated rings. The first-order valence-corrected chi connectivity index (χ1v) is 8.57. The second kappa shape index (κ2) is 8.34. The number of carbonyl (C=O) groups is 1. The molecular weight excluding hydrogens is 288 g/mol. The summed E-state index contributed by atoms with van der Waals surface area (Å²) in [5, 5.41) is 3.12. The van der Waals surface area contributed by atoms with Crippen LogP contribution in [0.3, 0.4) is 0 Å². The summed E-state index contributed by atoms with van der Waals surface area (Å²) in [6.45, 7) is 1.50. The maximum Gasteiger partial charge on any atom is 0.220 e. The smallest absolute Gasteiger partial charge is 0.220 e. The van der Waals surface area contributed by atoms with Gasteiger partial charge in [0, 0.05) is 45.3 Å². The zero-order valence-corrected chi connectivity index (χ0v) is 14.7. The van der Waals surface area contributed by atoms with Crippen molar-refractivity contribution in [3.05, 3.63) is 29.8 Å². The molecule has 0 atom stereocenters. The first-order chi connectivity index (χ1) is 11.0. The summed E-state index contributed by atoms with van der Waals surface area (Å²) in [5.74, 6) is 0.143. The van der Waals surface area contributed by atoms with Gasteiger partial charge in [0.25, 0.3) is 0 Å². The highest BCUT2D eigenvalue weighted by Gasteiger charge is 2.34. The topological polar surface area (TPSA) is 41.6 Å². The minimum Gasteiger partial charge on any atom is -0.384 e. The van der Waals surface area contributed by atoms with Crippen LogP contribution in [-0.2, 0) is 16.0 Å². The molecule has 23 heavy (non-hydrogen) atoms. The van der Waals surface area contributed by atoms with Crippen LogP contribution in [0.25, 0.3) is 0 Å². The lowest BCUT2D eigenvalue weighted by Crippen LogP contribution is -2.38. The molecule has 1 aromatic carbocycles. The van der Waals surface area contributed by atoms with Crippen LogP contribution in [0.1, 0.15) is 37.7 Å². The van der Waals surface area contributed by atoms with Crippen molar-refractivity contribution in [1.82, 2.24) is 5.32 Å². The molecule has 0 aromatic heterocycles. The predicted molar refractivity (Wildman–Crippen MR) is 94.9 cm³/mol. The van der Waals surface area contributed by atoms with Gasteiger partial charge in [0.1, 0.15) is 0 Å². The largest absolute Gasteiger partial charge is 0.384 e. The number of hydrogen-bond donors (Lipinski definition) is 1. The Morgan fingerprint density at radius 3 is 2.43 bits per heavy atom. The van der Waals surface area contributed by atoms with Crippen LogP contribution >= 0.6 is 0 Å². The highest BCUT2D eigenvalue weighted by molar-refractivity contribution is 5.76. The van der Waals surface area contributed by atoms with Gasteiger partial charge in [-0.15, -0.1) is 0 Å². The summed E-state index contributed by atoms with van der Waals surface area (Å²) in [6, 6.07) is 8.40. The molecule has 0 spiro atoms. The van der Waals surface area contributed by atoms with E-state index in [2.05, 4.69) is 34.5 Å². The van der Waals surface area contributed by atoms with E-state index in [9.17, 15) is 4.79 Å². The molecule has 1 amide bonds. The summed E-state index contributed by atoms with van der Waals surface area (Å²) in [4.78, 5) is 14.2. The number of ether oxygens (including phenoxy) is 1. The third kappa shape index (κ3) is 5.24. The summed E-state index contributed by atoms with van der Waals surface area (Å²) in [5.41, 5.74) is 2.55.